The lowest BCUT2D eigenvalue weighted by atomic mass is 9.92. The van der Waals surface area contributed by atoms with Crippen LogP contribution in [0.25, 0.3) is 0 Å². The molecule has 1 aliphatic rings. The van der Waals surface area contributed by atoms with Crippen molar-refractivity contribution in [1.29, 1.82) is 0 Å². The third-order valence-corrected chi connectivity index (χ3v) is 4.25. The molecule has 92 valence electrons. The van der Waals surface area contributed by atoms with Crippen LogP contribution < -0.4 is 4.74 Å². The van der Waals surface area contributed by atoms with Gasteiger partial charge in [-0.05, 0) is 28.4 Å². The van der Waals surface area contributed by atoms with Gasteiger partial charge in [-0.3, -0.25) is 0 Å². The molecule has 0 saturated carbocycles. The zero-order chi connectivity index (χ0) is 12.5. The quantitative estimate of drug-likeness (QED) is 0.811. The van der Waals surface area contributed by atoms with E-state index in [1.54, 1.807) is 6.20 Å². The number of H-pyrrole nitrogens is 1. The molecule has 1 aromatic heterocycles. The normalized spacial score (nSPS) is 17.9. The average molecular weight is 323 g/mol. The molecule has 0 spiro atoms. The highest BCUT2D eigenvalue weighted by molar-refractivity contribution is 9.10. The molecule has 1 unspecified atom stereocenters. The van der Waals surface area contributed by atoms with E-state index in [0.29, 0.717) is 11.2 Å². The second-order valence-electron chi connectivity index (χ2n) is 4.17. The Morgan fingerprint density at radius 1 is 1.39 bits per heavy atom. The molecular weight excluding hydrogens is 312 g/mol. The van der Waals surface area contributed by atoms with Gasteiger partial charge < -0.3 is 9.72 Å². The molecule has 0 fully saturated rings. The first-order chi connectivity index (χ1) is 8.75. The zero-order valence-corrected chi connectivity index (χ0v) is 11.9. The summed E-state index contributed by atoms with van der Waals surface area (Å²) in [7, 11) is 0. The van der Waals surface area contributed by atoms with E-state index in [9.17, 15) is 0 Å². The lowest BCUT2D eigenvalue weighted by Gasteiger charge is -2.25. The Morgan fingerprint density at radius 3 is 3.06 bits per heavy atom. The standard InChI is InChI=1S/C13H11BrN2OS/c14-10-7-15-12(16-13(10)18)9-5-6-17-11-4-2-1-3-8(9)11/h1-4,7,9H,5-6H2,(H,15,16,18). The van der Waals surface area contributed by atoms with Crippen molar-refractivity contribution in [2.75, 3.05) is 6.61 Å². The molecule has 2 aromatic rings. The summed E-state index contributed by atoms with van der Waals surface area (Å²) in [6, 6.07) is 8.08. The number of aromatic amines is 1. The number of hydrogen-bond acceptors (Lipinski definition) is 3. The number of para-hydroxylation sites is 1. The van der Waals surface area contributed by atoms with Gasteiger partial charge in [0.1, 0.15) is 16.2 Å². The summed E-state index contributed by atoms with van der Waals surface area (Å²) >= 11 is 8.60. The molecule has 1 aliphatic heterocycles. The highest BCUT2D eigenvalue weighted by atomic mass is 79.9. The van der Waals surface area contributed by atoms with Crippen LogP contribution in [0.4, 0.5) is 0 Å². The molecule has 0 bridgehead atoms. The molecule has 0 radical (unpaired) electrons. The zero-order valence-electron chi connectivity index (χ0n) is 9.52. The van der Waals surface area contributed by atoms with Gasteiger partial charge in [0.05, 0.1) is 11.1 Å². The Labute approximate surface area is 118 Å². The number of halogens is 1. The maximum Gasteiger partial charge on any atom is 0.123 e. The summed E-state index contributed by atoms with van der Waals surface area (Å²) in [5, 5.41) is 0. The topological polar surface area (TPSA) is 37.9 Å². The van der Waals surface area contributed by atoms with Crippen molar-refractivity contribution < 1.29 is 4.74 Å². The molecule has 1 atom stereocenters. The van der Waals surface area contributed by atoms with E-state index >= 15 is 0 Å². The molecule has 0 saturated heterocycles. The highest BCUT2D eigenvalue weighted by Gasteiger charge is 2.24. The molecule has 5 heteroatoms. The van der Waals surface area contributed by atoms with Gasteiger partial charge in [0.15, 0.2) is 0 Å². The van der Waals surface area contributed by atoms with Crippen molar-refractivity contribution >= 4 is 28.1 Å². The van der Waals surface area contributed by atoms with E-state index in [1.165, 1.54) is 5.56 Å². The first-order valence-electron chi connectivity index (χ1n) is 5.72. The molecule has 18 heavy (non-hydrogen) atoms. The third-order valence-electron chi connectivity index (χ3n) is 3.06. The van der Waals surface area contributed by atoms with Crippen molar-refractivity contribution in [2.24, 2.45) is 0 Å². The maximum atomic E-state index is 5.65. The number of rotatable bonds is 1. The van der Waals surface area contributed by atoms with Crippen molar-refractivity contribution in [2.45, 2.75) is 12.3 Å². The summed E-state index contributed by atoms with van der Waals surface area (Å²) in [5.74, 6) is 2.07. The number of fused-ring (bicyclic) bond motifs is 1. The Morgan fingerprint density at radius 2 is 2.22 bits per heavy atom. The van der Waals surface area contributed by atoms with Crippen LogP contribution >= 0.6 is 28.1 Å². The van der Waals surface area contributed by atoms with Gasteiger partial charge >= 0.3 is 0 Å². The van der Waals surface area contributed by atoms with Gasteiger partial charge in [-0.1, -0.05) is 30.4 Å². The second kappa shape index (κ2) is 4.82. The van der Waals surface area contributed by atoms with Crippen LogP contribution in [0.5, 0.6) is 5.75 Å². The van der Waals surface area contributed by atoms with Gasteiger partial charge in [0.25, 0.3) is 0 Å². The SMILES string of the molecule is S=c1[nH]c(C2CCOc3ccccc32)ncc1Br. The second-order valence-corrected chi connectivity index (χ2v) is 5.44. The predicted molar refractivity (Wildman–Crippen MR) is 75.5 cm³/mol. The average Bonchev–Trinajstić information content (AvgIpc) is 2.41. The molecule has 2 heterocycles. The van der Waals surface area contributed by atoms with Gasteiger partial charge in [0, 0.05) is 17.7 Å². The van der Waals surface area contributed by atoms with Crippen molar-refractivity contribution in [1.82, 2.24) is 9.97 Å². The van der Waals surface area contributed by atoms with Crippen LogP contribution in [0.3, 0.4) is 0 Å². The van der Waals surface area contributed by atoms with Crippen LogP contribution in [0, 0.1) is 4.64 Å². The van der Waals surface area contributed by atoms with E-state index in [1.807, 2.05) is 18.2 Å². The predicted octanol–water partition coefficient (Wildman–Crippen LogP) is 3.82. The van der Waals surface area contributed by atoms with E-state index in [2.05, 4.69) is 32.0 Å². The Balaban J connectivity index is 2.08. The Kier molecular flexibility index (Phi) is 3.18. The van der Waals surface area contributed by atoms with E-state index in [4.69, 9.17) is 17.0 Å². The molecule has 0 amide bonds. The number of benzene rings is 1. The smallest absolute Gasteiger partial charge is 0.123 e. The fourth-order valence-corrected chi connectivity index (χ4v) is 2.56. The molecule has 1 aromatic carbocycles. The van der Waals surface area contributed by atoms with E-state index in [-0.39, 0.29) is 5.92 Å². The minimum Gasteiger partial charge on any atom is -0.493 e. The van der Waals surface area contributed by atoms with Gasteiger partial charge in [-0.2, -0.15) is 0 Å². The van der Waals surface area contributed by atoms with Gasteiger partial charge in [-0.15, -0.1) is 0 Å². The number of aromatic nitrogens is 2. The van der Waals surface area contributed by atoms with Crippen LogP contribution in [0.2, 0.25) is 0 Å². The summed E-state index contributed by atoms with van der Waals surface area (Å²) in [6.07, 6.45) is 2.67. The number of nitrogens with one attached hydrogen (secondary N) is 1. The fourth-order valence-electron chi connectivity index (χ4n) is 2.20. The summed E-state index contributed by atoms with van der Waals surface area (Å²) in [4.78, 5) is 7.62. The summed E-state index contributed by atoms with van der Waals surface area (Å²) < 4.78 is 7.16. The van der Waals surface area contributed by atoms with E-state index in [0.717, 1.165) is 22.5 Å². The van der Waals surface area contributed by atoms with Gasteiger partial charge in [-0.25, -0.2) is 4.98 Å². The minimum atomic E-state index is 0.227. The van der Waals surface area contributed by atoms with Crippen LogP contribution in [0.15, 0.2) is 34.9 Å². The minimum absolute atomic E-state index is 0.227. The molecule has 3 nitrogen and oxygen atoms in total. The molecule has 1 N–H and O–H groups in total. The number of hydrogen-bond donors (Lipinski definition) is 1. The van der Waals surface area contributed by atoms with Crippen LogP contribution in [-0.4, -0.2) is 16.6 Å². The maximum absolute atomic E-state index is 5.65. The Bertz CT molecular complexity index is 641. The first-order valence-corrected chi connectivity index (χ1v) is 6.92. The summed E-state index contributed by atoms with van der Waals surface area (Å²) in [6.45, 7) is 0.708. The number of nitrogens with zero attached hydrogens (tertiary/aromatic N) is 1. The molecule has 0 aliphatic carbocycles. The third kappa shape index (κ3) is 2.08. The monoisotopic (exact) mass is 322 g/mol. The van der Waals surface area contributed by atoms with E-state index < -0.39 is 0 Å². The van der Waals surface area contributed by atoms with Crippen molar-refractivity contribution in [3.05, 3.63) is 51.0 Å². The molecular formula is C13H11BrN2OS. The summed E-state index contributed by atoms with van der Waals surface area (Å²) in [5.41, 5.74) is 1.17. The fraction of sp³-hybridized carbons (Fsp3) is 0.231. The highest BCUT2D eigenvalue weighted by Crippen LogP contribution is 2.36. The molecule has 3 rings (SSSR count). The first kappa shape index (κ1) is 11.9. The lowest BCUT2D eigenvalue weighted by molar-refractivity contribution is 0.274. The van der Waals surface area contributed by atoms with Crippen molar-refractivity contribution in [3.8, 4) is 5.75 Å². The van der Waals surface area contributed by atoms with Crippen LogP contribution in [0.1, 0.15) is 23.7 Å². The van der Waals surface area contributed by atoms with Crippen LogP contribution in [-0.2, 0) is 0 Å². The van der Waals surface area contributed by atoms with Crippen molar-refractivity contribution in [3.63, 3.8) is 0 Å². The van der Waals surface area contributed by atoms with Gasteiger partial charge in [0.2, 0.25) is 0 Å². The Hall–Kier alpha value is -1.20. The lowest BCUT2D eigenvalue weighted by Crippen LogP contribution is -2.17. The number of ether oxygens (including phenoxy) is 1. The largest absolute Gasteiger partial charge is 0.493 e.